The average molecular weight is 246 g/mol. The number of benzene rings is 2. The van der Waals surface area contributed by atoms with Gasteiger partial charge < -0.3 is 9.88 Å². The molecule has 0 bridgehead atoms. The van der Waals surface area contributed by atoms with Gasteiger partial charge in [-0.3, -0.25) is 0 Å². The Morgan fingerprint density at radius 2 is 1.58 bits per heavy atom. The molecule has 0 fully saturated rings. The zero-order valence-corrected chi connectivity index (χ0v) is 10.5. The standard InChI is InChI=1S/C17H14N2/c1-2-7-13(8-3-1)17-16-11-6-12-19(16)15-10-5-4-9-14(15)18-17/h1-12,17-18H/t17-/m0/s1. The lowest BCUT2D eigenvalue weighted by atomic mass is 10.0. The summed E-state index contributed by atoms with van der Waals surface area (Å²) < 4.78 is 2.27. The molecule has 1 aromatic heterocycles. The molecule has 1 aliphatic heterocycles. The molecule has 1 atom stereocenters. The van der Waals surface area contributed by atoms with Crippen LogP contribution in [0.4, 0.5) is 5.69 Å². The third kappa shape index (κ3) is 1.57. The van der Waals surface area contributed by atoms with Crippen LogP contribution in [0.25, 0.3) is 5.69 Å². The van der Waals surface area contributed by atoms with Gasteiger partial charge in [0.05, 0.1) is 17.4 Å². The first kappa shape index (κ1) is 10.4. The number of anilines is 1. The van der Waals surface area contributed by atoms with Crippen molar-refractivity contribution in [1.82, 2.24) is 4.57 Å². The molecule has 0 radical (unpaired) electrons. The summed E-state index contributed by atoms with van der Waals surface area (Å²) in [6.07, 6.45) is 2.13. The van der Waals surface area contributed by atoms with E-state index < -0.39 is 0 Å². The molecule has 0 saturated carbocycles. The van der Waals surface area contributed by atoms with Gasteiger partial charge in [-0.25, -0.2) is 0 Å². The van der Waals surface area contributed by atoms with E-state index in [2.05, 4.69) is 82.8 Å². The molecule has 0 amide bonds. The van der Waals surface area contributed by atoms with Gasteiger partial charge in [0.25, 0.3) is 0 Å². The summed E-state index contributed by atoms with van der Waals surface area (Å²) in [5.41, 5.74) is 4.97. The van der Waals surface area contributed by atoms with Crippen molar-refractivity contribution in [2.24, 2.45) is 0 Å². The van der Waals surface area contributed by atoms with Gasteiger partial charge in [-0.2, -0.15) is 0 Å². The smallest absolute Gasteiger partial charge is 0.0924 e. The molecule has 3 aromatic rings. The largest absolute Gasteiger partial charge is 0.371 e. The summed E-state index contributed by atoms with van der Waals surface area (Å²) in [7, 11) is 0. The Labute approximate surface area is 112 Å². The van der Waals surface area contributed by atoms with Crippen LogP contribution >= 0.6 is 0 Å². The summed E-state index contributed by atoms with van der Waals surface area (Å²) >= 11 is 0. The predicted octanol–water partition coefficient (Wildman–Crippen LogP) is 3.99. The molecule has 2 nitrogen and oxygen atoms in total. The number of hydrogen-bond donors (Lipinski definition) is 1. The highest BCUT2D eigenvalue weighted by Gasteiger charge is 2.24. The third-order valence-corrected chi connectivity index (χ3v) is 3.67. The van der Waals surface area contributed by atoms with Crippen LogP contribution in [0.5, 0.6) is 0 Å². The number of hydrogen-bond acceptors (Lipinski definition) is 1. The molecule has 0 saturated heterocycles. The van der Waals surface area contributed by atoms with Crippen molar-refractivity contribution in [1.29, 1.82) is 0 Å². The summed E-state index contributed by atoms with van der Waals surface area (Å²) in [4.78, 5) is 0. The highest BCUT2D eigenvalue weighted by atomic mass is 15.1. The van der Waals surface area contributed by atoms with E-state index in [-0.39, 0.29) is 6.04 Å². The number of nitrogens with one attached hydrogen (secondary N) is 1. The molecule has 0 unspecified atom stereocenters. The van der Waals surface area contributed by atoms with E-state index >= 15 is 0 Å². The number of fused-ring (bicyclic) bond motifs is 3. The molecule has 4 rings (SSSR count). The topological polar surface area (TPSA) is 17.0 Å². The highest BCUT2D eigenvalue weighted by Crippen LogP contribution is 2.36. The van der Waals surface area contributed by atoms with Crippen LogP contribution < -0.4 is 5.32 Å². The van der Waals surface area contributed by atoms with Crippen LogP contribution in [0.1, 0.15) is 17.3 Å². The molecule has 92 valence electrons. The fourth-order valence-electron chi connectivity index (χ4n) is 2.78. The first-order valence-electron chi connectivity index (χ1n) is 6.51. The first-order valence-corrected chi connectivity index (χ1v) is 6.51. The summed E-state index contributed by atoms with van der Waals surface area (Å²) in [5.74, 6) is 0. The molecule has 0 aliphatic carbocycles. The van der Waals surface area contributed by atoms with Crippen molar-refractivity contribution in [3.63, 3.8) is 0 Å². The van der Waals surface area contributed by atoms with E-state index in [1.807, 2.05) is 0 Å². The van der Waals surface area contributed by atoms with Crippen LogP contribution in [0.2, 0.25) is 0 Å². The number of rotatable bonds is 1. The van der Waals surface area contributed by atoms with Gasteiger partial charge in [0.1, 0.15) is 0 Å². The van der Waals surface area contributed by atoms with Crippen molar-refractivity contribution in [3.05, 3.63) is 84.2 Å². The molecule has 2 heterocycles. The fraction of sp³-hybridized carbons (Fsp3) is 0.0588. The van der Waals surface area contributed by atoms with E-state index in [4.69, 9.17) is 0 Å². The molecule has 0 spiro atoms. The van der Waals surface area contributed by atoms with Gasteiger partial charge in [0.2, 0.25) is 0 Å². The number of nitrogens with zero attached hydrogens (tertiary/aromatic N) is 1. The molecule has 2 heteroatoms. The SMILES string of the molecule is c1ccc([C@@H]2Nc3ccccc3-n3cccc32)cc1. The Balaban J connectivity index is 1.91. The monoisotopic (exact) mass is 246 g/mol. The van der Waals surface area contributed by atoms with Crippen LogP contribution in [0.3, 0.4) is 0 Å². The quantitative estimate of drug-likeness (QED) is 0.687. The van der Waals surface area contributed by atoms with Crippen molar-refractivity contribution < 1.29 is 0 Å². The van der Waals surface area contributed by atoms with Crippen molar-refractivity contribution in [3.8, 4) is 5.69 Å². The van der Waals surface area contributed by atoms with Gasteiger partial charge in [-0.15, -0.1) is 0 Å². The minimum absolute atomic E-state index is 0.214. The van der Waals surface area contributed by atoms with E-state index in [0.717, 1.165) is 0 Å². The molecule has 1 aliphatic rings. The van der Waals surface area contributed by atoms with E-state index in [0.29, 0.717) is 0 Å². The van der Waals surface area contributed by atoms with E-state index in [1.165, 1.54) is 22.6 Å². The summed E-state index contributed by atoms with van der Waals surface area (Å²) in [6, 6.07) is 23.5. The zero-order chi connectivity index (χ0) is 12.7. The van der Waals surface area contributed by atoms with Crippen LogP contribution in [0.15, 0.2) is 72.9 Å². The molecular formula is C17H14N2. The Hall–Kier alpha value is -2.48. The third-order valence-electron chi connectivity index (χ3n) is 3.67. The van der Waals surface area contributed by atoms with Gasteiger partial charge in [-0.1, -0.05) is 42.5 Å². The van der Waals surface area contributed by atoms with Crippen LogP contribution in [-0.2, 0) is 0 Å². The maximum atomic E-state index is 3.63. The van der Waals surface area contributed by atoms with Gasteiger partial charge in [0.15, 0.2) is 0 Å². The number of para-hydroxylation sites is 2. The minimum atomic E-state index is 0.214. The molecule has 2 aromatic carbocycles. The second kappa shape index (κ2) is 4.02. The maximum absolute atomic E-state index is 3.63. The lowest BCUT2D eigenvalue weighted by Gasteiger charge is -2.29. The lowest BCUT2D eigenvalue weighted by Crippen LogP contribution is -2.21. The normalized spacial score (nSPS) is 16.3. The first-order chi connectivity index (χ1) is 9.43. The molecular weight excluding hydrogens is 232 g/mol. The highest BCUT2D eigenvalue weighted by molar-refractivity contribution is 5.66. The van der Waals surface area contributed by atoms with Gasteiger partial charge >= 0.3 is 0 Å². The van der Waals surface area contributed by atoms with E-state index in [9.17, 15) is 0 Å². The molecule has 19 heavy (non-hydrogen) atoms. The van der Waals surface area contributed by atoms with Crippen molar-refractivity contribution in [2.75, 3.05) is 5.32 Å². The Kier molecular flexibility index (Phi) is 2.21. The Morgan fingerprint density at radius 3 is 2.47 bits per heavy atom. The van der Waals surface area contributed by atoms with Crippen molar-refractivity contribution in [2.45, 2.75) is 6.04 Å². The van der Waals surface area contributed by atoms with Gasteiger partial charge in [0, 0.05) is 11.9 Å². The summed E-state index contributed by atoms with van der Waals surface area (Å²) in [5, 5.41) is 3.63. The van der Waals surface area contributed by atoms with Gasteiger partial charge in [-0.05, 0) is 29.8 Å². The van der Waals surface area contributed by atoms with Crippen LogP contribution in [0, 0.1) is 0 Å². The number of aromatic nitrogens is 1. The Morgan fingerprint density at radius 1 is 0.789 bits per heavy atom. The lowest BCUT2D eigenvalue weighted by molar-refractivity contribution is 0.810. The Bertz CT molecular complexity index is 713. The predicted molar refractivity (Wildman–Crippen MR) is 77.7 cm³/mol. The average Bonchev–Trinajstić information content (AvgIpc) is 2.97. The van der Waals surface area contributed by atoms with Crippen molar-refractivity contribution >= 4 is 5.69 Å². The summed E-state index contributed by atoms with van der Waals surface area (Å²) in [6.45, 7) is 0. The van der Waals surface area contributed by atoms with E-state index in [1.54, 1.807) is 0 Å². The minimum Gasteiger partial charge on any atom is -0.371 e. The second-order valence-corrected chi connectivity index (χ2v) is 4.81. The second-order valence-electron chi connectivity index (χ2n) is 4.81. The van der Waals surface area contributed by atoms with Crippen LogP contribution in [-0.4, -0.2) is 4.57 Å². The molecule has 1 N–H and O–H groups in total. The maximum Gasteiger partial charge on any atom is 0.0924 e. The zero-order valence-electron chi connectivity index (χ0n) is 10.5. The fourth-order valence-corrected chi connectivity index (χ4v) is 2.78.